The molecule has 2 fully saturated rings. The lowest BCUT2D eigenvalue weighted by atomic mass is 9.79. The van der Waals surface area contributed by atoms with Gasteiger partial charge in [0.15, 0.2) is 0 Å². The average molecular weight is 352 g/mol. The van der Waals surface area contributed by atoms with Crippen LogP contribution >= 0.6 is 12.4 Å². The number of halogens is 1. The zero-order valence-electron chi connectivity index (χ0n) is 14.6. The third-order valence-corrected chi connectivity index (χ3v) is 5.56. The molecule has 0 radical (unpaired) electrons. The van der Waals surface area contributed by atoms with E-state index < -0.39 is 0 Å². The number of rotatable bonds is 5. The van der Waals surface area contributed by atoms with E-state index in [1.165, 1.54) is 31.2 Å². The van der Waals surface area contributed by atoms with Crippen LogP contribution in [-0.2, 0) is 10.2 Å². The first-order chi connectivity index (χ1) is 11.2. The number of piperazine rings is 1. The number of hydrogen-bond donors (Lipinski definition) is 2. The molecule has 0 aromatic heterocycles. The van der Waals surface area contributed by atoms with Gasteiger partial charge in [-0.05, 0) is 25.3 Å². The van der Waals surface area contributed by atoms with Crippen molar-refractivity contribution in [3.8, 4) is 0 Å². The van der Waals surface area contributed by atoms with E-state index in [9.17, 15) is 4.79 Å². The summed E-state index contributed by atoms with van der Waals surface area (Å²) in [7, 11) is 0. The molecule has 4 nitrogen and oxygen atoms in total. The molecule has 1 saturated carbocycles. The summed E-state index contributed by atoms with van der Waals surface area (Å²) in [6, 6.07) is 11.2. The normalized spacial score (nSPS) is 23.5. The van der Waals surface area contributed by atoms with Crippen molar-refractivity contribution in [2.75, 3.05) is 32.7 Å². The van der Waals surface area contributed by atoms with Crippen LogP contribution in [0.15, 0.2) is 30.3 Å². The minimum Gasteiger partial charge on any atom is -0.354 e. The summed E-state index contributed by atoms with van der Waals surface area (Å²) in [5.74, 6) is 0.168. The van der Waals surface area contributed by atoms with Crippen LogP contribution in [0, 0.1) is 0 Å². The van der Waals surface area contributed by atoms with Crippen molar-refractivity contribution in [1.82, 2.24) is 15.5 Å². The van der Waals surface area contributed by atoms with Crippen molar-refractivity contribution in [3.63, 3.8) is 0 Å². The molecule has 1 aromatic carbocycles. The lowest BCUT2D eigenvalue weighted by Crippen LogP contribution is -2.53. The van der Waals surface area contributed by atoms with Crippen molar-refractivity contribution >= 4 is 18.3 Å². The van der Waals surface area contributed by atoms with Crippen LogP contribution in [0.3, 0.4) is 0 Å². The fourth-order valence-electron chi connectivity index (χ4n) is 4.04. The van der Waals surface area contributed by atoms with Gasteiger partial charge < -0.3 is 10.6 Å². The van der Waals surface area contributed by atoms with Crippen LogP contribution in [0.4, 0.5) is 0 Å². The maximum atomic E-state index is 12.4. The Balaban J connectivity index is 0.00000208. The molecule has 5 heteroatoms. The second-order valence-electron chi connectivity index (χ2n) is 7.15. The van der Waals surface area contributed by atoms with E-state index in [1.54, 1.807) is 0 Å². The smallest absolute Gasteiger partial charge is 0.234 e. The van der Waals surface area contributed by atoms with Crippen LogP contribution in [0.2, 0.25) is 0 Å². The lowest BCUT2D eigenvalue weighted by molar-refractivity contribution is -0.123. The van der Waals surface area contributed by atoms with E-state index in [-0.39, 0.29) is 23.7 Å². The Morgan fingerprint density at radius 3 is 2.67 bits per heavy atom. The number of nitrogens with zero attached hydrogens (tertiary/aromatic N) is 1. The second kappa shape index (κ2) is 8.84. The number of amides is 1. The molecule has 3 rings (SSSR count). The number of benzene rings is 1. The maximum absolute atomic E-state index is 12.4. The van der Waals surface area contributed by atoms with Crippen LogP contribution in [0.1, 0.15) is 38.2 Å². The molecule has 2 aliphatic rings. The summed E-state index contributed by atoms with van der Waals surface area (Å²) in [6.07, 6.45) is 4.89. The summed E-state index contributed by atoms with van der Waals surface area (Å²) in [4.78, 5) is 14.7. The molecule has 1 saturated heterocycles. The molecule has 1 atom stereocenters. The van der Waals surface area contributed by atoms with Gasteiger partial charge in [0.2, 0.25) is 5.91 Å². The van der Waals surface area contributed by atoms with Crippen LogP contribution in [0.25, 0.3) is 0 Å². The highest BCUT2D eigenvalue weighted by Crippen LogP contribution is 2.40. The van der Waals surface area contributed by atoms with Crippen LogP contribution in [0.5, 0.6) is 0 Å². The van der Waals surface area contributed by atoms with Gasteiger partial charge in [0.05, 0.1) is 6.54 Å². The molecule has 0 bridgehead atoms. The Morgan fingerprint density at radius 2 is 2.00 bits per heavy atom. The Labute approximate surface area is 151 Å². The summed E-state index contributed by atoms with van der Waals surface area (Å²) in [6.45, 7) is 6.39. The second-order valence-corrected chi connectivity index (χ2v) is 7.15. The zero-order valence-corrected chi connectivity index (χ0v) is 15.4. The molecule has 1 aromatic rings. The molecule has 0 unspecified atom stereocenters. The van der Waals surface area contributed by atoms with E-state index in [0.29, 0.717) is 12.6 Å². The van der Waals surface area contributed by atoms with Gasteiger partial charge in [0, 0.05) is 37.6 Å². The highest BCUT2D eigenvalue weighted by molar-refractivity contribution is 5.85. The predicted octanol–water partition coefficient (Wildman–Crippen LogP) is 2.33. The lowest BCUT2D eigenvalue weighted by Gasteiger charge is -2.34. The van der Waals surface area contributed by atoms with E-state index in [2.05, 4.69) is 52.8 Å². The summed E-state index contributed by atoms with van der Waals surface area (Å²) in [5, 5.41) is 6.60. The Hall–Kier alpha value is -1.10. The standard InChI is InChI=1S/C19H29N3O.ClH/c1-16-13-20-11-12-22(16)14-18(23)21-15-19(9-5-6-10-19)17-7-3-2-4-8-17;/h2-4,7-8,16,20H,5-6,9-15H2,1H3,(H,21,23);1H/t16-;/m0./s1. The van der Waals surface area contributed by atoms with Crippen molar-refractivity contribution in [2.24, 2.45) is 0 Å². The van der Waals surface area contributed by atoms with Gasteiger partial charge in [0.25, 0.3) is 0 Å². The summed E-state index contributed by atoms with van der Waals surface area (Å²) in [5.41, 5.74) is 1.53. The SMILES string of the molecule is C[C@H]1CNCCN1CC(=O)NCC1(c2ccccc2)CCCC1.Cl. The third-order valence-electron chi connectivity index (χ3n) is 5.56. The fraction of sp³-hybridized carbons (Fsp3) is 0.632. The quantitative estimate of drug-likeness (QED) is 0.855. The van der Waals surface area contributed by atoms with Gasteiger partial charge in [-0.2, -0.15) is 0 Å². The van der Waals surface area contributed by atoms with Gasteiger partial charge in [-0.1, -0.05) is 43.2 Å². The minimum absolute atomic E-state index is 0. The summed E-state index contributed by atoms with van der Waals surface area (Å²) < 4.78 is 0. The predicted molar refractivity (Wildman–Crippen MR) is 101 cm³/mol. The minimum atomic E-state index is 0. The number of carbonyl (C=O) groups is 1. The Morgan fingerprint density at radius 1 is 1.29 bits per heavy atom. The molecule has 24 heavy (non-hydrogen) atoms. The van der Waals surface area contributed by atoms with E-state index in [0.717, 1.165) is 26.2 Å². The van der Waals surface area contributed by atoms with Gasteiger partial charge in [0.1, 0.15) is 0 Å². The molecule has 0 spiro atoms. The molecule has 1 amide bonds. The maximum Gasteiger partial charge on any atom is 0.234 e. The topological polar surface area (TPSA) is 44.4 Å². The van der Waals surface area contributed by atoms with Crippen molar-refractivity contribution < 1.29 is 4.79 Å². The number of hydrogen-bond acceptors (Lipinski definition) is 3. The molecule has 1 heterocycles. The largest absolute Gasteiger partial charge is 0.354 e. The molecule has 1 aliphatic heterocycles. The van der Waals surface area contributed by atoms with Gasteiger partial charge in [-0.3, -0.25) is 9.69 Å². The van der Waals surface area contributed by atoms with Crippen molar-refractivity contribution in [1.29, 1.82) is 0 Å². The number of nitrogens with one attached hydrogen (secondary N) is 2. The first kappa shape index (κ1) is 19.2. The zero-order chi connectivity index (χ0) is 16.1. The van der Waals surface area contributed by atoms with Crippen molar-refractivity contribution in [2.45, 2.75) is 44.1 Å². The van der Waals surface area contributed by atoms with Crippen LogP contribution in [-0.4, -0.2) is 49.6 Å². The molecule has 2 N–H and O–H groups in total. The monoisotopic (exact) mass is 351 g/mol. The first-order valence-corrected chi connectivity index (χ1v) is 8.97. The van der Waals surface area contributed by atoms with Crippen molar-refractivity contribution in [3.05, 3.63) is 35.9 Å². The molecule has 1 aliphatic carbocycles. The first-order valence-electron chi connectivity index (χ1n) is 8.97. The van der Waals surface area contributed by atoms with Crippen LogP contribution < -0.4 is 10.6 Å². The third kappa shape index (κ3) is 4.50. The van der Waals surface area contributed by atoms with E-state index >= 15 is 0 Å². The van der Waals surface area contributed by atoms with Gasteiger partial charge >= 0.3 is 0 Å². The Bertz CT molecular complexity index is 517. The van der Waals surface area contributed by atoms with Gasteiger partial charge in [-0.15, -0.1) is 12.4 Å². The molecule has 134 valence electrons. The van der Waals surface area contributed by atoms with Gasteiger partial charge in [-0.25, -0.2) is 0 Å². The number of carbonyl (C=O) groups excluding carboxylic acids is 1. The Kier molecular flexibility index (Phi) is 7.08. The van der Waals surface area contributed by atoms with E-state index in [4.69, 9.17) is 0 Å². The average Bonchev–Trinajstić information content (AvgIpc) is 3.06. The molecular weight excluding hydrogens is 322 g/mol. The highest BCUT2D eigenvalue weighted by atomic mass is 35.5. The fourth-order valence-corrected chi connectivity index (χ4v) is 4.04. The highest BCUT2D eigenvalue weighted by Gasteiger charge is 2.35. The van der Waals surface area contributed by atoms with E-state index in [1.807, 2.05) is 0 Å². The molecular formula is C19H30ClN3O. The summed E-state index contributed by atoms with van der Waals surface area (Å²) >= 11 is 0.